The van der Waals surface area contributed by atoms with Crippen LogP contribution in [0.5, 0.6) is 0 Å². The first kappa shape index (κ1) is 26.8. The van der Waals surface area contributed by atoms with Crippen LogP contribution in [0.15, 0.2) is 42.5 Å². The molecule has 8 nitrogen and oxygen atoms in total. The van der Waals surface area contributed by atoms with Gasteiger partial charge in [-0.25, -0.2) is 8.42 Å². The molecule has 1 aliphatic rings. The number of sulfonamides is 1. The highest BCUT2D eigenvalue weighted by molar-refractivity contribution is 7.92. The van der Waals surface area contributed by atoms with Crippen molar-refractivity contribution in [2.75, 3.05) is 35.6 Å². The number of carbonyl (C=O) groups excluding carboxylic acids is 2. The van der Waals surface area contributed by atoms with Gasteiger partial charge in [0.05, 0.1) is 39.9 Å². The SMILES string of the molecule is CS(=O)(=O)N(CC(=O)Nc1ccccc1C(=O)NC[C@H]1CCCO1)c1cc(C(F)(F)F)ccc1Cl. The lowest BCUT2D eigenvalue weighted by Crippen LogP contribution is -2.38. The van der Waals surface area contributed by atoms with Crippen molar-refractivity contribution in [2.24, 2.45) is 0 Å². The number of ether oxygens (including phenoxy) is 1. The number of amides is 2. The van der Waals surface area contributed by atoms with Gasteiger partial charge in [0.15, 0.2) is 0 Å². The van der Waals surface area contributed by atoms with Crippen LogP contribution in [0, 0.1) is 0 Å². The van der Waals surface area contributed by atoms with Crippen LogP contribution in [-0.4, -0.2) is 52.3 Å². The lowest BCUT2D eigenvalue weighted by atomic mass is 10.1. The maximum atomic E-state index is 13.2. The van der Waals surface area contributed by atoms with Gasteiger partial charge in [-0.3, -0.25) is 13.9 Å². The fourth-order valence-corrected chi connectivity index (χ4v) is 4.61. The van der Waals surface area contributed by atoms with Gasteiger partial charge in [0.25, 0.3) is 5.91 Å². The largest absolute Gasteiger partial charge is 0.416 e. The summed E-state index contributed by atoms with van der Waals surface area (Å²) in [5.41, 5.74) is -1.39. The van der Waals surface area contributed by atoms with Crippen molar-refractivity contribution < 1.29 is 35.9 Å². The summed E-state index contributed by atoms with van der Waals surface area (Å²) in [5, 5.41) is 4.89. The number of nitrogens with one attached hydrogen (secondary N) is 2. The van der Waals surface area contributed by atoms with Crippen LogP contribution >= 0.6 is 11.6 Å². The lowest BCUT2D eigenvalue weighted by molar-refractivity contribution is -0.137. The van der Waals surface area contributed by atoms with E-state index in [2.05, 4.69) is 10.6 Å². The molecule has 1 atom stereocenters. The fourth-order valence-electron chi connectivity index (χ4n) is 3.48. The minimum absolute atomic E-state index is 0.0961. The first-order valence-corrected chi connectivity index (χ1v) is 12.7. The number of hydrogen-bond donors (Lipinski definition) is 2. The molecule has 0 bridgehead atoms. The van der Waals surface area contributed by atoms with E-state index in [1.165, 1.54) is 12.1 Å². The third-order valence-electron chi connectivity index (χ3n) is 5.19. The second-order valence-electron chi connectivity index (χ2n) is 7.87. The zero-order chi connectivity index (χ0) is 25.8. The Bertz CT molecular complexity index is 1200. The molecule has 1 heterocycles. The Morgan fingerprint density at radius 2 is 1.91 bits per heavy atom. The molecule has 0 unspecified atom stereocenters. The maximum absolute atomic E-state index is 13.2. The number of carbonyl (C=O) groups is 2. The molecule has 0 spiro atoms. The van der Waals surface area contributed by atoms with E-state index in [1.807, 2.05) is 0 Å². The average Bonchev–Trinajstić information content (AvgIpc) is 3.29. The second-order valence-corrected chi connectivity index (χ2v) is 10.2. The molecule has 0 saturated carbocycles. The summed E-state index contributed by atoms with van der Waals surface area (Å²) >= 11 is 5.98. The van der Waals surface area contributed by atoms with Gasteiger partial charge in [-0.05, 0) is 43.2 Å². The van der Waals surface area contributed by atoms with Crippen LogP contribution < -0.4 is 14.9 Å². The molecule has 2 aromatic carbocycles. The van der Waals surface area contributed by atoms with Gasteiger partial charge in [0.2, 0.25) is 15.9 Å². The first-order chi connectivity index (χ1) is 16.4. The summed E-state index contributed by atoms with van der Waals surface area (Å²) in [6.07, 6.45) is -2.39. The first-order valence-electron chi connectivity index (χ1n) is 10.5. The summed E-state index contributed by atoms with van der Waals surface area (Å²) in [7, 11) is -4.21. The zero-order valence-electron chi connectivity index (χ0n) is 18.6. The number of benzene rings is 2. The third kappa shape index (κ3) is 7.09. The van der Waals surface area contributed by atoms with E-state index in [-0.39, 0.29) is 28.9 Å². The Morgan fingerprint density at radius 3 is 2.54 bits per heavy atom. The molecule has 1 aliphatic heterocycles. The van der Waals surface area contributed by atoms with Gasteiger partial charge in [0.1, 0.15) is 6.54 Å². The quantitative estimate of drug-likeness (QED) is 0.539. The number of anilines is 2. The van der Waals surface area contributed by atoms with E-state index in [9.17, 15) is 31.2 Å². The molecule has 0 aromatic heterocycles. The highest BCUT2D eigenvalue weighted by atomic mass is 35.5. The summed E-state index contributed by atoms with van der Waals surface area (Å²) in [4.78, 5) is 25.4. The predicted molar refractivity (Wildman–Crippen MR) is 125 cm³/mol. The van der Waals surface area contributed by atoms with Crippen molar-refractivity contribution in [1.82, 2.24) is 5.32 Å². The maximum Gasteiger partial charge on any atom is 0.416 e. The monoisotopic (exact) mass is 533 g/mol. The van der Waals surface area contributed by atoms with Crippen LogP contribution in [-0.2, 0) is 25.7 Å². The number of hydrogen-bond acceptors (Lipinski definition) is 5. The Kier molecular flexibility index (Phi) is 8.29. The topological polar surface area (TPSA) is 105 Å². The Morgan fingerprint density at radius 1 is 1.20 bits per heavy atom. The van der Waals surface area contributed by atoms with Gasteiger partial charge >= 0.3 is 6.18 Å². The van der Waals surface area contributed by atoms with E-state index in [4.69, 9.17) is 16.3 Å². The van der Waals surface area contributed by atoms with E-state index in [0.717, 1.165) is 25.2 Å². The second kappa shape index (κ2) is 10.8. The minimum Gasteiger partial charge on any atom is -0.376 e. The average molecular weight is 534 g/mol. The lowest BCUT2D eigenvalue weighted by Gasteiger charge is -2.24. The predicted octanol–water partition coefficient (Wildman–Crippen LogP) is 3.67. The van der Waals surface area contributed by atoms with Crippen molar-refractivity contribution in [1.29, 1.82) is 0 Å². The van der Waals surface area contributed by atoms with Gasteiger partial charge < -0.3 is 15.4 Å². The molecule has 0 radical (unpaired) electrons. The Balaban J connectivity index is 1.79. The number of rotatable bonds is 8. The van der Waals surface area contributed by atoms with Crippen molar-refractivity contribution in [3.8, 4) is 0 Å². The molecular weight excluding hydrogens is 511 g/mol. The zero-order valence-corrected chi connectivity index (χ0v) is 20.1. The number of halogens is 4. The molecule has 2 N–H and O–H groups in total. The van der Waals surface area contributed by atoms with Crippen molar-refractivity contribution in [3.05, 3.63) is 58.6 Å². The van der Waals surface area contributed by atoms with Crippen LogP contribution in [0.4, 0.5) is 24.5 Å². The Hall–Kier alpha value is -2.83. The Labute approximate surface area is 205 Å². The van der Waals surface area contributed by atoms with Crippen LogP contribution in [0.1, 0.15) is 28.8 Å². The van der Waals surface area contributed by atoms with E-state index in [1.54, 1.807) is 12.1 Å². The number of alkyl halides is 3. The fraction of sp³-hybridized carbons (Fsp3) is 0.364. The molecule has 2 aromatic rings. The van der Waals surface area contributed by atoms with Crippen LogP contribution in [0.25, 0.3) is 0 Å². The van der Waals surface area contributed by atoms with Gasteiger partial charge in [-0.2, -0.15) is 13.2 Å². The van der Waals surface area contributed by atoms with E-state index in [0.29, 0.717) is 23.0 Å². The van der Waals surface area contributed by atoms with E-state index < -0.39 is 45.8 Å². The summed E-state index contributed by atoms with van der Waals surface area (Å²) < 4.78 is 70.1. The van der Waals surface area contributed by atoms with Gasteiger partial charge in [-0.1, -0.05) is 23.7 Å². The minimum atomic E-state index is -4.75. The number of nitrogens with zero attached hydrogens (tertiary/aromatic N) is 1. The summed E-state index contributed by atoms with van der Waals surface area (Å²) in [5.74, 6) is -1.36. The van der Waals surface area contributed by atoms with Gasteiger partial charge in [0, 0.05) is 13.2 Å². The molecule has 0 aliphatic carbocycles. The van der Waals surface area contributed by atoms with Crippen molar-refractivity contribution in [2.45, 2.75) is 25.1 Å². The number of para-hydroxylation sites is 1. The van der Waals surface area contributed by atoms with Crippen molar-refractivity contribution in [3.63, 3.8) is 0 Å². The normalized spacial score (nSPS) is 16.1. The smallest absolute Gasteiger partial charge is 0.376 e. The van der Waals surface area contributed by atoms with Crippen molar-refractivity contribution >= 4 is 44.8 Å². The molecule has 1 fully saturated rings. The molecule has 13 heteroatoms. The van der Waals surface area contributed by atoms with Crippen LogP contribution in [0.2, 0.25) is 5.02 Å². The van der Waals surface area contributed by atoms with Gasteiger partial charge in [-0.15, -0.1) is 0 Å². The molecular formula is C22H23ClF3N3O5S. The summed E-state index contributed by atoms with van der Waals surface area (Å²) in [6, 6.07) is 8.23. The third-order valence-corrected chi connectivity index (χ3v) is 6.64. The molecule has 190 valence electrons. The van der Waals surface area contributed by atoms with E-state index >= 15 is 0 Å². The molecule has 3 rings (SSSR count). The molecule has 1 saturated heterocycles. The molecule has 2 amide bonds. The molecule has 35 heavy (non-hydrogen) atoms. The highest BCUT2D eigenvalue weighted by Crippen LogP contribution is 2.36. The van der Waals surface area contributed by atoms with Crippen LogP contribution in [0.3, 0.4) is 0 Å². The standard InChI is InChI=1S/C22H23ClF3N3O5S/c1-35(32,33)29(19-11-14(22(24,25)26)8-9-17(19)23)13-20(30)28-18-7-3-2-6-16(18)21(31)27-12-15-5-4-10-34-15/h2-3,6-9,11,15H,4-5,10,12-13H2,1H3,(H,27,31)(H,28,30)/t15-/m1/s1. The summed E-state index contributed by atoms with van der Waals surface area (Å²) in [6.45, 7) is 0.0443. The highest BCUT2D eigenvalue weighted by Gasteiger charge is 2.33.